The van der Waals surface area contributed by atoms with Crippen molar-refractivity contribution in [1.82, 2.24) is 0 Å². The molecule has 0 bridgehead atoms. The van der Waals surface area contributed by atoms with Gasteiger partial charge in [-0.05, 0) is 122 Å². The third kappa shape index (κ3) is 55.2. The zero-order valence-corrected chi connectivity index (χ0v) is 49.1. The lowest BCUT2D eigenvalue weighted by Crippen LogP contribution is -2.30. The van der Waals surface area contributed by atoms with Crippen LogP contribution in [0.4, 0.5) is 0 Å². The van der Waals surface area contributed by atoms with E-state index in [1.54, 1.807) is 0 Å². The van der Waals surface area contributed by atoms with Crippen LogP contribution < -0.4 is 0 Å². The second-order valence-corrected chi connectivity index (χ2v) is 21.2. The summed E-state index contributed by atoms with van der Waals surface area (Å²) in [7, 11) is -4.77. The monoisotopic (exact) mass is 1080 g/mol. The first-order valence-corrected chi connectivity index (χ1v) is 31.6. The summed E-state index contributed by atoms with van der Waals surface area (Å²) < 4.78 is 39.5. The molecule has 76 heavy (non-hydrogen) atoms. The fraction of sp³-hybridized carbons (Fsp3) is 0.703. The molecule has 0 rings (SSSR count). The highest BCUT2D eigenvalue weighted by Gasteiger charge is 2.28. The van der Waals surface area contributed by atoms with Crippen LogP contribution in [0.3, 0.4) is 0 Å². The van der Waals surface area contributed by atoms with Gasteiger partial charge >= 0.3 is 25.7 Å². The predicted octanol–water partition coefficient (Wildman–Crippen LogP) is 18.0. The maximum absolute atomic E-state index is 12.9. The Balaban J connectivity index is 4.77. The molecule has 0 aromatic rings. The molecule has 436 valence electrons. The van der Waals surface area contributed by atoms with Crippen LogP contribution in [-0.2, 0) is 42.2 Å². The molecule has 0 radical (unpaired) electrons. The number of phosphoric acid groups is 1. The van der Waals surface area contributed by atoms with E-state index in [4.69, 9.17) is 23.3 Å². The second-order valence-electron chi connectivity index (χ2n) is 19.8. The fourth-order valence-corrected chi connectivity index (χ4v) is 8.66. The van der Waals surface area contributed by atoms with Crippen LogP contribution in [0.2, 0.25) is 0 Å². The molecule has 0 spiro atoms. The Morgan fingerprint density at radius 1 is 0.382 bits per heavy atom. The van der Waals surface area contributed by atoms with Crippen molar-refractivity contribution in [2.24, 2.45) is 0 Å². The molecule has 0 saturated heterocycles. The van der Waals surface area contributed by atoms with Crippen molar-refractivity contribution in [3.63, 3.8) is 0 Å². The number of carbonyl (C=O) groups is 3. The maximum atomic E-state index is 12.9. The Labute approximate surface area is 463 Å². The highest BCUT2D eigenvalue weighted by molar-refractivity contribution is 7.47. The molecule has 0 heterocycles. The van der Waals surface area contributed by atoms with E-state index >= 15 is 0 Å². The number of esters is 3. The molecule has 0 aliphatic heterocycles. The Morgan fingerprint density at radius 3 is 1.11 bits per heavy atom. The van der Waals surface area contributed by atoms with Crippen LogP contribution in [0.25, 0.3) is 0 Å². The summed E-state index contributed by atoms with van der Waals surface area (Å²) in [5.41, 5.74) is 0. The van der Waals surface area contributed by atoms with Crippen LogP contribution in [0, 0.1) is 0 Å². The predicted molar refractivity (Wildman–Crippen MR) is 316 cm³/mol. The lowest BCUT2D eigenvalue weighted by atomic mass is 10.1. The number of rotatable bonds is 55. The molecule has 0 aliphatic rings. The van der Waals surface area contributed by atoms with Gasteiger partial charge in [-0.3, -0.25) is 23.4 Å². The average Bonchev–Trinajstić information content (AvgIpc) is 3.41. The van der Waals surface area contributed by atoms with Crippen molar-refractivity contribution in [2.45, 2.75) is 264 Å². The zero-order chi connectivity index (χ0) is 55.5. The molecule has 0 aliphatic carbocycles. The molecule has 2 N–H and O–H groups in total. The summed E-state index contributed by atoms with van der Waals surface area (Å²) in [5, 5.41) is 9.83. The fourth-order valence-electron chi connectivity index (χ4n) is 7.88. The van der Waals surface area contributed by atoms with Crippen molar-refractivity contribution < 1.29 is 52.2 Å². The number of aliphatic hydroxyl groups is 1. The Hall–Kier alpha value is -3.60. The number of unbranched alkanes of at least 4 members (excludes halogenated alkanes) is 22. The summed E-state index contributed by atoms with van der Waals surface area (Å²) in [6.45, 7) is 4.44. The molecular formula is C64H109O11P. The first-order chi connectivity index (χ1) is 37.2. The van der Waals surface area contributed by atoms with E-state index < -0.39 is 57.8 Å². The Morgan fingerprint density at radius 2 is 0.684 bits per heavy atom. The van der Waals surface area contributed by atoms with Crippen LogP contribution in [0.15, 0.2) is 97.2 Å². The lowest BCUT2D eigenvalue weighted by Gasteiger charge is -2.21. The van der Waals surface area contributed by atoms with Gasteiger partial charge in [0, 0.05) is 19.3 Å². The number of hydrogen-bond acceptors (Lipinski definition) is 10. The van der Waals surface area contributed by atoms with Crippen LogP contribution in [0.1, 0.15) is 252 Å². The van der Waals surface area contributed by atoms with Crippen LogP contribution >= 0.6 is 7.82 Å². The van der Waals surface area contributed by atoms with E-state index in [2.05, 4.69) is 118 Å². The molecule has 3 unspecified atom stereocenters. The summed E-state index contributed by atoms with van der Waals surface area (Å²) in [4.78, 5) is 48.6. The van der Waals surface area contributed by atoms with Gasteiger partial charge in [0.15, 0.2) is 6.10 Å². The molecular weight excluding hydrogens is 976 g/mol. The van der Waals surface area contributed by atoms with Crippen molar-refractivity contribution >= 4 is 25.7 Å². The van der Waals surface area contributed by atoms with Gasteiger partial charge in [-0.25, -0.2) is 4.57 Å². The normalized spacial score (nSPS) is 14.0. The highest BCUT2D eigenvalue weighted by atomic mass is 31.2. The summed E-state index contributed by atoms with van der Waals surface area (Å²) in [6.07, 6.45) is 67.8. The van der Waals surface area contributed by atoms with Gasteiger partial charge in [-0.2, -0.15) is 0 Å². The van der Waals surface area contributed by atoms with Gasteiger partial charge in [0.25, 0.3) is 0 Å². The van der Waals surface area contributed by atoms with E-state index in [1.165, 1.54) is 64.2 Å². The van der Waals surface area contributed by atoms with Crippen molar-refractivity contribution in [3.8, 4) is 0 Å². The largest absolute Gasteiger partial charge is 0.472 e. The van der Waals surface area contributed by atoms with Gasteiger partial charge in [0.1, 0.15) is 12.7 Å². The third-order valence-electron chi connectivity index (χ3n) is 12.5. The molecule has 11 nitrogen and oxygen atoms in total. The number of carbonyl (C=O) groups excluding carboxylic acids is 3. The topological polar surface area (TPSA) is 155 Å². The minimum absolute atomic E-state index is 0.123. The number of phosphoric ester groups is 1. The molecule has 3 atom stereocenters. The lowest BCUT2D eigenvalue weighted by molar-refractivity contribution is -0.161. The molecule has 0 saturated carbocycles. The van der Waals surface area contributed by atoms with Crippen molar-refractivity contribution in [1.29, 1.82) is 0 Å². The minimum Gasteiger partial charge on any atom is -0.462 e. The number of aliphatic hydroxyl groups excluding tert-OH is 1. The highest BCUT2D eigenvalue weighted by Crippen LogP contribution is 2.43. The van der Waals surface area contributed by atoms with Crippen molar-refractivity contribution in [3.05, 3.63) is 97.2 Å². The molecule has 0 aromatic carbocycles. The molecule has 0 amide bonds. The standard InChI is InChI=1S/C64H109O11P/c1-4-7-10-13-16-19-22-25-27-29-30-32-34-37-40-43-46-49-52-55-64(68)75-61(57-71-62(66)53-50-47-44-41-38-35-24-21-18-15-12-9-6-3)59-73-76(69,70)72-58-60(56-65)74-63(67)54-51-48-45-42-39-36-33-31-28-26-23-20-17-14-11-8-5-2/h7,10,16-17,19-21,24-28,30,32,37,40,60-61,65H,4-6,8-9,11-15,18,22-23,29,31,33-36,38-39,41-59H2,1-3H3,(H,69,70)/b10-7-,19-16-,20-17-,24-21-,27-25-,28-26-,32-30-,40-37-. The van der Waals surface area contributed by atoms with Gasteiger partial charge in [-0.15, -0.1) is 0 Å². The maximum Gasteiger partial charge on any atom is 0.472 e. The molecule has 12 heteroatoms. The van der Waals surface area contributed by atoms with E-state index in [-0.39, 0.29) is 25.9 Å². The number of hydrogen-bond donors (Lipinski definition) is 2. The van der Waals surface area contributed by atoms with E-state index in [1.807, 2.05) is 0 Å². The minimum atomic E-state index is -4.77. The first kappa shape index (κ1) is 72.4. The quantitative estimate of drug-likeness (QED) is 0.0197. The van der Waals surface area contributed by atoms with Crippen molar-refractivity contribution in [2.75, 3.05) is 26.4 Å². The van der Waals surface area contributed by atoms with Gasteiger partial charge < -0.3 is 24.2 Å². The molecule has 0 aromatic heterocycles. The third-order valence-corrected chi connectivity index (χ3v) is 13.4. The molecule has 0 fully saturated rings. The summed E-state index contributed by atoms with van der Waals surface area (Å²) in [6, 6.07) is 0. The zero-order valence-electron chi connectivity index (χ0n) is 48.2. The second kappa shape index (κ2) is 57.6. The smallest absolute Gasteiger partial charge is 0.462 e. The van der Waals surface area contributed by atoms with Gasteiger partial charge in [-0.1, -0.05) is 208 Å². The summed E-state index contributed by atoms with van der Waals surface area (Å²) >= 11 is 0. The van der Waals surface area contributed by atoms with Crippen LogP contribution in [0.5, 0.6) is 0 Å². The van der Waals surface area contributed by atoms with E-state index in [9.17, 15) is 28.9 Å². The summed E-state index contributed by atoms with van der Waals surface area (Å²) in [5.74, 6) is -1.52. The number of ether oxygens (including phenoxy) is 3. The number of allylic oxidation sites excluding steroid dienone is 16. The van der Waals surface area contributed by atoms with E-state index in [0.29, 0.717) is 19.3 Å². The average molecular weight is 1090 g/mol. The van der Waals surface area contributed by atoms with E-state index in [0.717, 1.165) is 128 Å². The van der Waals surface area contributed by atoms with Crippen LogP contribution in [-0.4, -0.2) is 66.5 Å². The Kier molecular flexibility index (Phi) is 54.8. The first-order valence-electron chi connectivity index (χ1n) is 30.1. The Bertz CT molecular complexity index is 1640. The SMILES string of the molecule is CC/C=C\C/C=C\C/C=C\C/C=C\C/C=C\CCCCCC(=O)OC(COC(=O)CCCCCCC/C=C\CCCCCC)COP(=O)(O)OCC(CO)OC(=O)CCCCCCCCC/C=C\C/C=C\CCCCC. The van der Waals surface area contributed by atoms with Gasteiger partial charge in [0.05, 0.1) is 19.8 Å². The van der Waals surface area contributed by atoms with Gasteiger partial charge in [0.2, 0.25) is 0 Å².